The maximum Gasteiger partial charge on any atom is 0.343 e. The third kappa shape index (κ3) is 6.02. The van der Waals surface area contributed by atoms with Crippen molar-refractivity contribution in [3.63, 3.8) is 0 Å². The first kappa shape index (κ1) is 20.8. The van der Waals surface area contributed by atoms with E-state index in [0.717, 1.165) is 6.42 Å². The molecule has 0 radical (unpaired) electrons. The van der Waals surface area contributed by atoms with E-state index in [1.54, 1.807) is 54.6 Å². The van der Waals surface area contributed by atoms with Crippen molar-refractivity contribution in [2.75, 3.05) is 20.8 Å². The molecule has 6 heteroatoms. The monoisotopic (exact) mass is 382 g/mol. The topological polar surface area (TPSA) is 71.1 Å². The van der Waals surface area contributed by atoms with E-state index < -0.39 is 11.9 Å². The predicted octanol–water partition coefficient (Wildman–Crippen LogP) is 4.06. The van der Waals surface area contributed by atoms with Crippen LogP contribution >= 0.6 is 0 Å². The van der Waals surface area contributed by atoms with Crippen LogP contribution in [0.1, 0.15) is 22.3 Å². The minimum atomic E-state index is -0.520. The minimum Gasteiger partial charge on any atom is -0.493 e. The molecule has 0 saturated carbocycles. The van der Waals surface area contributed by atoms with Crippen LogP contribution in [0.15, 0.2) is 61.2 Å². The fourth-order valence-corrected chi connectivity index (χ4v) is 2.21. The van der Waals surface area contributed by atoms with Gasteiger partial charge in [-0.2, -0.15) is 0 Å². The summed E-state index contributed by atoms with van der Waals surface area (Å²) < 4.78 is 20.8. The number of esters is 2. The summed E-state index contributed by atoms with van der Waals surface area (Å²) >= 11 is 0. The second-order valence-electron chi connectivity index (χ2n) is 5.61. The maximum absolute atomic E-state index is 12.4. The molecule has 146 valence electrons. The molecule has 0 heterocycles. The molecule has 0 aliphatic heterocycles. The van der Waals surface area contributed by atoms with E-state index in [1.165, 1.54) is 20.3 Å². The molecule has 2 aromatic rings. The van der Waals surface area contributed by atoms with E-state index in [0.29, 0.717) is 29.2 Å². The zero-order valence-electron chi connectivity index (χ0n) is 15.8. The molecule has 2 aromatic carbocycles. The van der Waals surface area contributed by atoms with Gasteiger partial charge in [-0.25, -0.2) is 9.59 Å². The Labute approximate surface area is 164 Å². The molecular weight excluding hydrogens is 360 g/mol. The molecule has 2 rings (SSSR count). The molecule has 0 fully saturated rings. The van der Waals surface area contributed by atoms with Gasteiger partial charge in [-0.1, -0.05) is 12.1 Å². The quantitative estimate of drug-likeness (QED) is 0.214. The average Bonchev–Trinajstić information content (AvgIpc) is 2.73. The number of ether oxygens (including phenoxy) is 4. The average molecular weight is 382 g/mol. The summed E-state index contributed by atoms with van der Waals surface area (Å²) in [5, 5.41) is 0. The molecule has 0 aromatic heterocycles. The van der Waals surface area contributed by atoms with E-state index >= 15 is 0 Å². The number of methoxy groups -OCH3 is 2. The van der Waals surface area contributed by atoms with Crippen LogP contribution in [0.2, 0.25) is 0 Å². The lowest BCUT2D eigenvalue weighted by atomic mass is 10.2. The number of benzene rings is 2. The summed E-state index contributed by atoms with van der Waals surface area (Å²) in [4.78, 5) is 23.6. The van der Waals surface area contributed by atoms with Crippen molar-refractivity contribution in [3.8, 4) is 17.2 Å². The van der Waals surface area contributed by atoms with Crippen molar-refractivity contribution in [3.05, 3.63) is 72.3 Å². The summed E-state index contributed by atoms with van der Waals surface area (Å²) in [6.07, 6.45) is 5.38. The fraction of sp³-hybridized carbons (Fsp3) is 0.182. The molecule has 0 bridgehead atoms. The van der Waals surface area contributed by atoms with Crippen LogP contribution in [0, 0.1) is 0 Å². The molecule has 6 nitrogen and oxygen atoms in total. The van der Waals surface area contributed by atoms with E-state index in [9.17, 15) is 9.59 Å². The highest BCUT2D eigenvalue weighted by molar-refractivity contribution is 5.91. The molecule has 0 atom stereocenters. The number of rotatable bonds is 9. The molecule has 0 aliphatic carbocycles. The van der Waals surface area contributed by atoms with Gasteiger partial charge in [-0.05, 0) is 54.5 Å². The molecule has 0 N–H and O–H groups in total. The normalized spacial score (nSPS) is 10.4. The Morgan fingerprint density at radius 1 is 1.04 bits per heavy atom. The van der Waals surface area contributed by atoms with Crippen LogP contribution in [0.25, 0.3) is 6.08 Å². The molecule has 0 saturated heterocycles. The van der Waals surface area contributed by atoms with Gasteiger partial charge in [0.15, 0.2) is 11.5 Å². The molecule has 0 amide bonds. The maximum atomic E-state index is 12.4. The minimum absolute atomic E-state index is 0.272. The zero-order valence-corrected chi connectivity index (χ0v) is 15.8. The van der Waals surface area contributed by atoms with Gasteiger partial charge in [-0.3, -0.25) is 0 Å². The van der Waals surface area contributed by atoms with Crippen LogP contribution in [-0.2, 0) is 9.53 Å². The summed E-state index contributed by atoms with van der Waals surface area (Å²) in [6, 6.07) is 11.6. The highest BCUT2D eigenvalue weighted by atomic mass is 16.6. The lowest BCUT2D eigenvalue weighted by Gasteiger charge is -2.10. The Balaban J connectivity index is 2.07. The van der Waals surface area contributed by atoms with Crippen molar-refractivity contribution >= 4 is 18.0 Å². The van der Waals surface area contributed by atoms with E-state index in [4.69, 9.17) is 14.2 Å². The Kier molecular flexibility index (Phi) is 7.84. The second-order valence-corrected chi connectivity index (χ2v) is 5.61. The van der Waals surface area contributed by atoms with Gasteiger partial charge in [-0.15, -0.1) is 6.58 Å². The standard InChI is InChI=1S/C22H22O6/c1-4-5-14-27-18-10-8-17(9-11-18)22(24)28-19-12-6-16(15-20(19)25-2)7-13-21(23)26-3/h4,6-13,15H,1,5,14H2,2-3H3/b13-7+. The van der Waals surface area contributed by atoms with Crippen molar-refractivity contribution in [1.82, 2.24) is 0 Å². The van der Waals surface area contributed by atoms with Crippen LogP contribution in [0.5, 0.6) is 17.2 Å². The van der Waals surface area contributed by atoms with Crippen LogP contribution < -0.4 is 14.2 Å². The van der Waals surface area contributed by atoms with Crippen molar-refractivity contribution in [1.29, 1.82) is 0 Å². The largest absolute Gasteiger partial charge is 0.493 e. The van der Waals surface area contributed by atoms with E-state index in [2.05, 4.69) is 11.3 Å². The molecular formula is C22H22O6. The Hall–Kier alpha value is -3.54. The summed E-state index contributed by atoms with van der Waals surface area (Å²) in [5.41, 5.74) is 1.08. The number of carbonyl (C=O) groups is 2. The molecule has 0 spiro atoms. The third-order valence-electron chi connectivity index (χ3n) is 3.68. The van der Waals surface area contributed by atoms with Crippen LogP contribution in [-0.4, -0.2) is 32.8 Å². The fourth-order valence-electron chi connectivity index (χ4n) is 2.21. The van der Waals surface area contributed by atoms with Crippen LogP contribution in [0.3, 0.4) is 0 Å². The summed E-state index contributed by atoms with van der Waals surface area (Å²) in [7, 11) is 2.77. The predicted molar refractivity (Wildman–Crippen MR) is 106 cm³/mol. The summed E-state index contributed by atoms with van der Waals surface area (Å²) in [5.74, 6) is 0.316. The Morgan fingerprint density at radius 3 is 2.43 bits per heavy atom. The number of carbonyl (C=O) groups excluding carboxylic acids is 2. The van der Waals surface area contributed by atoms with E-state index in [-0.39, 0.29) is 5.75 Å². The van der Waals surface area contributed by atoms with Crippen molar-refractivity contribution in [2.45, 2.75) is 6.42 Å². The molecule has 28 heavy (non-hydrogen) atoms. The van der Waals surface area contributed by atoms with Gasteiger partial charge in [0.2, 0.25) is 0 Å². The highest BCUT2D eigenvalue weighted by Gasteiger charge is 2.13. The third-order valence-corrected chi connectivity index (χ3v) is 3.68. The Morgan fingerprint density at radius 2 is 1.79 bits per heavy atom. The highest BCUT2D eigenvalue weighted by Crippen LogP contribution is 2.29. The summed E-state index contributed by atoms with van der Waals surface area (Å²) in [6.45, 7) is 4.16. The lowest BCUT2D eigenvalue weighted by Crippen LogP contribution is -2.09. The van der Waals surface area contributed by atoms with Crippen molar-refractivity contribution in [2.24, 2.45) is 0 Å². The molecule has 0 aliphatic rings. The number of hydrogen-bond acceptors (Lipinski definition) is 6. The first-order valence-electron chi connectivity index (χ1n) is 8.57. The van der Waals surface area contributed by atoms with Crippen LogP contribution in [0.4, 0.5) is 0 Å². The van der Waals surface area contributed by atoms with Gasteiger partial charge in [0.25, 0.3) is 0 Å². The first-order valence-corrected chi connectivity index (χ1v) is 8.57. The smallest absolute Gasteiger partial charge is 0.343 e. The lowest BCUT2D eigenvalue weighted by molar-refractivity contribution is -0.134. The number of hydrogen-bond donors (Lipinski definition) is 0. The first-order chi connectivity index (χ1) is 13.6. The molecule has 0 unspecified atom stereocenters. The van der Waals surface area contributed by atoms with Gasteiger partial charge in [0.1, 0.15) is 5.75 Å². The van der Waals surface area contributed by atoms with Gasteiger partial charge < -0.3 is 18.9 Å². The van der Waals surface area contributed by atoms with Gasteiger partial charge in [0, 0.05) is 6.08 Å². The van der Waals surface area contributed by atoms with Crippen molar-refractivity contribution < 1.29 is 28.5 Å². The van der Waals surface area contributed by atoms with E-state index in [1.807, 2.05) is 0 Å². The van der Waals surface area contributed by atoms with Gasteiger partial charge in [0.05, 0.1) is 26.4 Å². The van der Waals surface area contributed by atoms with Gasteiger partial charge >= 0.3 is 11.9 Å². The Bertz CT molecular complexity index is 852. The zero-order chi connectivity index (χ0) is 20.4. The second kappa shape index (κ2) is 10.6. The SMILES string of the molecule is C=CCCOc1ccc(C(=O)Oc2ccc(/C=C/C(=O)OC)cc2OC)cc1.